The van der Waals surface area contributed by atoms with Crippen LogP contribution in [0.2, 0.25) is 5.02 Å². The highest BCUT2D eigenvalue weighted by Crippen LogP contribution is 2.26. The molecule has 0 aliphatic heterocycles. The van der Waals surface area contributed by atoms with Crippen LogP contribution in [0.4, 0.5) is 5.69 Å². The van der Waals surface area contributed by atoms with Crippen LogP contribution in [0.1, 0.15) is 11.1 Å². The van der Waals surface area contributed by atoms with Crippen LogP contribution in [-0.4, -0.2) is 4.98 Å². The quantitative estimate of drug-likeness (QED) is 0.907. The van der Waals surface area contributed by atoms with E-state index in [1.165, 1.54) is 5.56 Å². The maximum Gasteiger partial charge on any atom is 0.0639 e. The molecule has 1 N–H and O–H groups in total. The van der Waals surface area contributed by atoms with Crippen LogP contribution in [0.15, 0.2) is 41.1 Å². The average Bonchev–Trinajstić information content (AvgIpc) is 2.33. The van der Waals surface area contributed by atoms with Gasteiger partial charge < -0.3 is 5.32 Å². The van der Waals surface area contributed by atoms with Crippen LogP contribution in [0.5, 0.6) is 0 Å². The molecule has 0 saturated heterocycles. The van der Waals surface area contributed by atoms with Crippen molar-refractivity contribution < 1.29 is 0 Å². The number of nitrogens with one attached hydrogen (secondary N) is 1. The Morgan fingerprint density at radius 3 is 2.94 bits per heavy atom. The third-order valence-electron chi connectivity index (χ3n) is 2.52. The minimum Gasteiger partial charge on any atom is -0.380 e. The van der Waals surface area contributed by atoms with Crippen LogP contribution in [0, 0.1) is 6.92 Å². The maximum atomic E-state index is 6.05. The lowest BCUT2D eigenvalue weighted by atomic mass is 10.2. The number of nitrogens with zero attached hydrogens (tertiary/aromatic N) is 1. The Bertz CT molecular complexity index is 529. The molecule has 0 radical (unpaired) electrons. The molecule has 17 heavy (non-hydrogen) atoms. The molecule has 88 valence electrons. The van der Waals surface area contributed by atoms with Gasteiger partial charge in [-0.1, -0.05) is 23.7 Å². The maximum absolute atomic E-state index is 6.05. The van der Waals surface area contributed by atoms with E-state index in [0.717, 1.165) is 15.7 Å². The van der Waals surface area contributed by atoms with Crippen molar-refractivity contribution in [1.29, 1.82) is 0 Å². The molecular weight excluding hydrogens is 300 g/mol. The van der Waals surface area contributed by atoms with Gasteiger partial charge in [0.05, 0.1) is 5.02 Å². The summed E-state index contributed by atoms with van der Waals surface area (Å²) in [4.78, 5) is 3.96. The smallest absolute Gasteiger partial charge is 0.0639 e. The van der Waals surface area contributed by atoms with E-state index in [1.807, 2.05) is 18.2 Å². The Labute approximate surface area is 114 Å². The highest BCUT2D eigenvalue weighted by molar-refractivity contribution is 9.10. The summed E-state index contributed by atoms with van der Waals surface area (Å²) in [6, 6.07) is 8.04. The van der Waals surface area contributed by atoms with Gasteiger partial charge in [0.1, 0.15) is 0 Å². The first-order valence-corrected chi connectivity index (χ1v) is 6.43. The number of halogens is 2. The lowest BCUT2D eigenvalue weighted by Crippen LogP contribution is -2.01. The minimum absolute atomic E-state index is 0.684. The molecule has 0 unspecified atom stereocenters. The summed E-state index contributed by atoms with van der Waals surface area (Å²) < 4.78 is 1.09. The van der Waals surface area contributed by atoms with Crippen molar-refractivity contribution in [2.75, 3.05) is 5.32 Å². The van der Waals surface area contributed by atoms with Gasteiger partial charge in [-0.15, -0.1) is 0 Å². The first kappa shape index (κ1) is 12.4. The highest BCUT2D eigenvalue weighted by atomic mass is 79.9. The third kappa shape index (κ3) is 2.99. The molecule has 2 rings (SSSR count). The van der Waals surface area contributed by atoms with Gasteiger partial charge >= 0.3 is 0 Å². The van der Waals surface area contributed by atoms with Gasteiger partial charge in [0, 0.05) is 29.1 Å². The molecule has 1 aromatic carbocycles. The van der Waals surface area contributed by atoms with Crippen molar-refractivity contribution in [1.82, 2.24) is 4.98 Å². The first-order valence-electron chi connectivity index (χ1n) is 5.26. The normalized spacial score (nSPS) is 10.3. The van der Waals surface area contributed by atoms with Gasteiger partial charge in [-0.3, -0.25) is 4.98 Å². The van der Waals surface area contributed by atoms with Gasteiger partial charge in [0.25, 0.3) is 0 Å². The van der Waals surface area contributed by atoms with Crippen LogP contribution < -0.4 is 5.32 Å². The van der Waals surface area contributed by atoms with Crippen LogP contribution >= 0.6 is 27.5 Å². The van der Waals surface area contributed by atoms with E-state index in [2.05, 4.69) is 39.2 Å². The molecule has 4 heteroatoms. The second kappa shape index (κ2) is 5.52. The van der Waals surface area contributed by atoms with Gasteiger partial charge in [-0.05, 0) is 46.1 Å². The lowest BCUT2D eigenvalue weighted by molar-refractivity contribution is 1.12. The monoisotopic (exact) mass is 310 g/mol. The van der Waals surface area contributed by atoms with Crippen molar-refractivity contribution in [3.8, 4) is 0 Å². The zero-order chi connectivity index (χ0) is 12.3. The number of hydrogen-bond acceptors (Lipinski definition) is 2. The number of anilines is 1. The highest BCUT2D eigenvalue weighted by Gasteiger charge is 2.03. The van der Waals surface area contributed by atoms with Gasteiger partial charge in [0.15, 0.2) is 0 Å². The summed E-state index contributed by atoms with van der Waals surface area (Å²) in [6.07, 6.45) is 3.40. The average molecular weight is 312 g/mol. The van der Waals surface area contributed by atoms with Crippen LogP contribution in [-0.2, 0) is 6.54 Å². The van der Waals surface area contributed by atoms with Crippen molar-refractivity contribution in [3.63, 3.8) is 0 Å². The summed E-state index contributed by atoms with van der Waals surface area (Å²) >= 11 is 9.61. The number of benzene rings is 1. The molecule has 0 amide bonds. The van der Waals surface area contributed by atoms with Crippen molar-refractivity contribution >= 4 is 33.2 Å². The summed E-state index contributed by atoms with van der Waals surface area (Å²) in [5.41, 5.74) is 3.31. The Kier molecular flexibility index (Phi) is 4.02. The van der Waals surface area contributed by atoms with Crippen molar-refractivity contribution in [2.45, 2.75) is 13.5 Å². The van der Waals surface area contributed by atoms with Crippen LogP contribution in [0.3, 0.4) is 0 Å². The molecule has 0 spiro atoms. The van der Waals surface area contributed by atoms with E-state index in [9.17, 15) is 0 Å². The molecule has 0 atom stereocenters. The second-order valence-corrected chi connectivity index (χ2v) is 4.96. The number of aryl methyl sites for hydroxylation is 1. The van der Waals surface area contributed by atoms with E-state index < -0.39 is 0 Å². The van der Waals surface area contributed by atoms with E-state index in [0.29, 0.717) is 11.6 Å². The zero-order valence-electron chi connectivity index (χ0n) is 9.37. The largest absolute Gasteiger partial charge is 0.380 e. The van der Waals surface area contributed by atoms with Gasteiger partial charge in [-0.25, -0.2) is 0 Å². The predicted molar refractivity (Wildman–Crippen MR) is 75.5 cm³/mol. The molecule has 0 bridgehead atoms. The zero-order valence-corrected chi connectivity index (χ0v) is 11.7. The Balaban J connectivity index is 2.13. The number of rotatable bonds is 3. The SMILES string of the molecule is Cc1cccc(NCc2ccncc2Cl)c1Br. The summed E-state index contributed by atoms with van der Waals surface area (Å²) in [7, 11) is 0. The third-order valence-corrected chi connectivity index (χ3v) is 3.91. The standard InChI is InChI=1S/C13H12BrClN2/c1-9-3-2-4-12(13(9)14)17-7-10-5-6-16-8-11(10)15/h2-6,8,17H,7H2,1H3. The van der Waals surface area contributed by atoms with Crippen molar-refractivity contribution in [3.05, 3.63) is 57.3 Å². The summed E-state index contributed by atoms with van der Waals surface area (Å²) in [6.45, 7) is 2.75. The van der Waals surface area contributed by atoms with Crippen molar-refractivity contribution in [2.24, 2.45) is 0 Å². The molecule has 0 aliphatic rings. The molecule has 1 heterocycles. The minimum atomic E-state index is 0.684. The molecule has 1 aromatic heterocycles. The Morgan fingerprint density at radius 1 is 1.35 bits per heavy atom. The summed E-state index contributed by atoms with van der Waals surface area (Å²) in [5, 5.41) is 4.04. The predicted octanol–water partition coefficient (Wildman–Crippen LogP) is 4.42. The molecule has 2 aromatic rings. The Hall–Kier alpha value is -1.06. The van der Waals surface area contributed by atoms with Gasteiger partial charge in [-0.2, -0.15) is 0 Å². The Morgan fingerprint density at radius 2 is 2.18 bits per heavy atom. The van der Waals surface area contributed by atoms with Crippen LogP contribution in [0.25, 0.3) is 0 Å². The van der Waals surface area contributed by atoms with E-state index >= 15 is 0 Å². The summed E-state index contributed by atoms with van der Waals surface area (Å²) in [5.74, 6) is 0. The van der Waals surface area contributed by atoms with Gasteiger partial charge in [0.2, 0.25) is 0 Å². The van der Waals surface area contributed by atoms with E-state index in [1.54, 1.807) is 12.4 Å². The fraction of sp³-hybridized carbons (Fsp3) is 0.154. The molecule has 2 nitrogen and oxygen atoms in total. The lowest BCUT2D eigenvalue weighted by Gasteiger charge is -2.10. The fourth-order valence-corrected chi connectivity index (χ4v) is 2.11. The molecular formula is C13H12BrClN2. The van der Waals surface area contributed by atoms with E-state index in [-0.39, 0.29) is 0 Å². The van der Waals surface area contributed by atoms with E-state index in [4.69, 9.17) is 11.6 Å². The number of hydrogen-bond donors (Lipinski definition) is 1. The molecule has 0 aliphatic carbocycles. The number of pyridine rings is 1. The topological polar surface area (TPSA) is 24.9 Å². The molecule has 0 saturated carbocycles. The number of aromatic nitrogens is 1. The second-order valence-electron chi connectivity index (χ2n) is 3.76. The first-order chi connectivity index (χ1) is 8.18. The molecule has 0 fully saturated rings. The fourth-order valence-electron chi connectivity index (χ4n) is 1.52.